The standard InChI is InChI=1S/C19H16N4O4S/c20-28(25,26)18-9-5-16(6-10-18)23-22-12-14-3-7-17(8-4-14)27-19(24)15-2-1-11-21-13-15/h1-13,23H,(H2,20,25,26). The lowest BCUT2D eigenvalue weighted by molar-refractivity contribution is 0.0734. The van der Waals surface area contributed by atoms with Crippen molar-refractivity contribution in [3.63, 3.8) is 0 Å². The zero-order valence-electron chi connectivity index (χ0n) is 14.5. The Morgan fingerprint density at radius 2 is 1.79 bits per heavy atom. The third-order valence-electron chi connectivity index (χ3n) is 3.58. The molecular weight excluding hydrogens is 380 g/mol. The molecule has 1 aromatic heterocycles. The highest BCUT2D eigenvalue weighted by molar-refractivity contribution is 7.89. The largest absolute Gasteiger partial charge is 0.423 e. The smallest absolute Gasteiger partial charge is 0.345 e. The van der Waals surface area contributed by atoms with Gasteiger partial charge in [0.05, 0.1) is 22.4 Å². The van der Waals surface area contributed by atoms with Gasteiger partial charge in [0, 0.05) is 12.4 Å². The molecule has 3 rings (SSSR count). The number of carbonyl (C=O) groups is 1. The van der Waals surface area contributed by atoms with E-state index in [2.05, 4.69) is 15.5 Å². The number of aromatic nitrogens is 1. The predicted molar refractivity (Wildman–Crippen MR) is 105 cm³/mol. The number of sulfonamides is 1. The molecule has 0 aliphatic carbocycles. The second-order valence-corrected chi connectivity index (χ2v) is 7.20. The third kappa shape index (κ3) is 5.22. The van der Waals surface area contributed by atoms with Crippen molar-refractivity contribution in [2.45, 2.75) is 4.90 Å². The van der Waals surface area contributed by atoms with Crippen LogP contribution in [-0.4, -0.2) is 25.6 Å². The first-order valence-electron chi connectivity index (χ1n) is 8.06. The average Bonchev–Trinajstić information content (AvgIpc) is 2.70. The van der Waals surface area contributed by atoms with Crippen molar-refractivity contribution in [3.05, 3.63) is 84.2 Å². The van der Waals surface area contributed by atoms with Gasteiger partial charge in [-0.25, -0.2) is 18.4 Å². The van der Waals surface area contributed by atoms with Gasteiger partial charge in [-0.1, -0.05) is 0 Å². The Morgan fingerprint density at radius 3 is 2.39 bits per heavy atom. The lowest BCUT2D eigenvalue weighted by Crippen LogP contribution is -2.11. The minimum atomic E-state index is -3.72. The Kier molecular flexibility index (Phi) is 5.78. The summed E-state index contributed by atoms with van der Waals surface area (Å²) in [4.78, 5) is 15.9. The lowest BCUT2D eigenvalue weighted by Gasteiger charge is -2.04. The fraction of sp³-hybridized carbons (Fsp3) is 0. The van der Waals surface area contributed by atoms with Crippen LogP contribution in [0.1, 0.15) is 15.9 Å². The van der Waals surface area contributed by atoms with Crippen LogP contribution in [0.5, 0.6) is 5.75 Å². The number of hydrogen-bond acceptors (Lipinski definition) is 7. The van der Waals surface area contributed by atoms with Crippen molar-refractivity contribution in [3.8, 4) is 5.75 Å². The maximum absolute atomic E-state index is 12.0. The van der Waals surface area contributed by atoms with Crippen LogP contribution in [0.4, 0.5) is 5.69 Å². The maximum atomic E-state index is 12.0. The third-order valence-corrected chi connectivity index (χ3v) is 4.51. The van der Waals surface area contributed by atoms with Gasteiger partial charge in [-0.3, -0.25) is 10.4 Å². The summed E-state index contributed by atoms with van der Waals surface area (Å²) in [5.41, 5.74) is 4.52. The van der Waals surface area contributed by atoms with Crippen LogP contribution in [0.25, 0.3) is 0 Å². The molecule has 1 heterocycles. The van der Waals surface area contributed by atoms with E-state index in [1.807, 2.05) is 0 Å². The second-order valence-electron chi connectivity index (χ2n) is 5.64. The Bertz CT molecular complexity index is 1080. The summed E-state index contributed by atoms with van der Waals surface area (Å²) in [5, 5.41) is 9.12. The summed E-state index contributed by atoms with van der Waals surface area (Å²) in [6.07, 6.45) is 4.58. The van der Waals surface area contributed by atoms with Gasteiger partial charge in [0.25, 0.3) is 0 Å². The molecule has 8 nitrogen and oxygen atoms in total. The van der Waals surface area contributed by atoms with E-state index < -0.39 is 16.0 Å². The van der Waals surface area contributed by atoms with Gasteiger partial charge in [-0.05, 0) is 66.2 Å². The van der Waals surface area contributed by atoms with Crippen molar-refractivity contribution in [1.82, 2.24) is 4.98 Å². The molecule has 3 aromatic rings. The summed E-state index contributed by atoms with van der Waals surface area (Å²) in [7, 11) is -3.72. The topological polar surface area (TPSA) is 124 Å². The van der Waals surface area contributed by atoms with Crippen molar-refractivity contribution in [2.24, 2.45) is 10.2 Å². The molecule has 0 fully saturated rings. The molecule has 0 atom stereocenters. The number of nitrogens with one attached hydrogen (secondary N) is 1. The number of hydrogen-bond donors (Lipinski definition) is 2. The number of hydrazone groups is 1. The molecule has 0 bridgehead atoms. The first kappa shape index (κ1) is 19.2. The summed E-state index contributed by atoms with van der Waals surface area (Å²) in [5.74, 6) is -0.0864. The number of carbonyl (C=O) groups excluding carboxylic acids is 1. The SMILES string of the molecule is NS(=O)(=O)c1ccc(NN=Cc2ccc(OC(=O)c3cccnc3)cc2)cc1. The number of pyridine rings is 1. The van der Waals surface area contributed by atoms with Crippen LogP contribution in [0.15, 0.2) is 83.1 Å². The number of nitrogens with zero attached hydrogens (tertiary/aromatic N) is 2. The number of esters is 1. The van der Waals surface area contributed by atoms with Gasteiger partial charge in [0.2, 0.25) is 10.0 Å². The zero-order chi connectivity index (χ0) is 20.0. The number of benzene rings is 2. The molecule has 9 heteroatoms. The van der Waals surface area contributed by atoms with Crippen LogP contribution < -0.4 is 15.3 Å². The van der Waals surface area contributed by atoms with Crippen LogP contribution in [0.3, 0.4) is 0 Å². The molecular formula is C19H16N4O4S. The Labute approximate surface area is 161 Å². The summed E-state index contributed by atoms with van der Waals surface area (Å²) in [6, 6.07) is 15.9. The van der Waals surface area contributed by atoms with E-state index in [0.29, 0.717) is 17.0 Å². The van der Waals surface area contributed by atoms with Crippen LogP contribution in [-0.2, 0) is 10.0 Å². The molecule has 0 aliphatic rings. The van der Waals surface area contributed by atoms with Crippen molar-refractivity contribution >= 4 is 27.9 Å². The molecule has 142 valence electrons. The summed E-state index contributed by atoms with van der Waals surface area (Å²) >= 11 is 0. The summed E-state index contributed by atoms with van der Waals surface area (Å²) in [6.45, 7) is 0. The van der Waals surface area contributed by atoms with Crippen LogP contribution in [0, 0.1) is 0 Å². The minimum absolute atomic E-state index is 0.0263. The second kappa shape index (κ2) is 8.42. The number of primary sulfonamides is 1. The first-order valence-corrected chi connectivity index (χ1v) is 9.61. The molecule has 28 heavy (non-hydrogen) atoms. The van der Waals surface area contributed by atoms with Gasteiger partial charge in [-0.2, -0.15) is 5.10 Å². The minimum Gasteiger partial charge on any atom is -0.423 e. The van der Waals surface area contributed by atoms with Gasteiger partial charge in [-0.15, -0.1) is 0 Å². The number of rotatable bonds is 6. The van der Waals surface area contributed by atoms with Crippen LogP contribution in [0.2, 0.25) is 0 Å². The van der Waals surface area contributed by atoms with Crippen LogP contribution >= 0.6 is 0 Å². The molecule has 2 aromatic carbocycles. The van der Waals surface area contributed by atoms with E-state index in [-0.39, 0.29) is 4.90 Å². The molecule has 0 spiro atoms. The van der Waals surface area contributed by atoms with E-state index in [1.165, 1.54) is 18.3 Å². The molecule has 0 aliphatic heterocycles. The maximum Gasteiger partial charge on any atom is 0.345 e. The van der Waals surface area contributed by atoms with Gasteiger partial charge in [0.1, 0.15) is 5.75 Å². The van der Waals surface area contributed by atoms with E-state index in [0.717, 1.165) is 5.56 Å². The highest BCUT2D eigenvalue weighted by Crippen LogP contribution is 2.14. The van der Waals surface area contributed by atoms with E-state index in [4.69, 9.17) is 9.88 Å². The molecule has 0 unspecified atom stereocenters. The van der Waals surface area contributed by atoms with Crippen molar-refractivity contribution in [2.75, 3.05) is 5.43 Å². The quantitative estimate of drug-likeness (QED) is 0.285. The Hall–Kier alpha value is -3.56. The van der Waals surface area contributed by atoms with Crippen molar-refractivity contribution < 1.29 is 17.9 Å². The Balaban J connectivity index is 1.57. The van der Waals surface area contributed by atoms with E-state index >= 15 is 0 Å². The molecule has 0 amide bonds. The fourth-order valence-corrected chi connectivity index (χ4v) is 2.69. The Morgan fingerprint density at radius 1 is 1.07 bits per heavy atom. The molecule has 0 saturated carbocycles. The van der Waals surface area contributed by atoms with Gasteiger partial charge >= 0.3 is 5.97 Å². The number of ether oxygens (including phenoxy) is 1. The average molecular weight is 396 g/mol. The highest BCUT2D eigenvalue weighted by Gasteiger charge is 2.08. The normalized spacial score (nSPS) is 11.3. The lowest BCUT2D eigenvalue weighted by atomic mass is 10.2. The zero-order valence-corrected chi connectivity index (χ0v) is 15.3. The predicted octanol–water partition coefficient (Wildman–Crippen LogP) is 2.39. The highest BCUT2D eigenvalue weighted by atomic mass is 32.2. The molecule has 3 N–H and O–H groups in total. The molecule has 0 saturated heterocycles. The number of anilines is 1. The number of nitrogens with two attached hydrogens (primary N) is 1. The molecule has 0 radical (unpaired) electrons. The summed E-state index contributed by atoms with van der Waals surface area (Å²) < 4.78 is 27.7. The van der Waals surface area contributed by atoms with Gasteiger partial charge < -0.3 is 4.74 Å². The monoisotopic (exact) mass is 396 g/mol. The first-order chi connectivity index (χ1) is 13.4. The van der Waals surface area contributed by atoms with E-state index in [1.54, 1.807) is 60.9 Å². The van der Waals surface area contributed by atoms with E-state index in [9.17, 15) is 13.2 Å². The fourth-order valence-electron chi connectivity index (χ4n) is 2.17. The van der Waals surface area contributed by atoms with Gasteiger partial charge in [0.15, 0.2) is 0 Å². The van der Waals surface area contributed by atoms with Crippen molar-refractivity contribution in [1.29, 1.82) is 0 Å².